The topological polar surface area (TPSA) is 130 Å². The van der Waals surface area contributed by atoms with Gasteiger partial charge in [0.05, 0.1) is 36.7 Å². The van der Waals surface area contributed by atoms with Crippen molar-refractivity contribution in [3.05, 3.63) is 77.9 Å². The first-order valence-corrected chi connectivity index (χ1v) is 11.1. The van der Waals surface area contributed by atoms with Gasteiger partial charge in [-0.05, 0) is 30.3 Å². The summed E-state index contributed by atoms with van der Waals surface area (Å²) in [5.74, 6) is 0.0748. The first-order chi connectivity index (χ1) is 17.3. The standard InChI is InChI=1S/C27H26N4O5/c1-16(32)31(15-24(28)33)19-11-9-18(10-12-19)29-26(17-7-5-4-6-8-17)25-20-13-22(35-2)23(36-3)14-21(20)30-27(25)34/h4-14,30,34H,15H2,1-3H3,(H2,28,33). The van der Waals surface area contributed by atoms with Crippen LogP contribution in [0.2, 0.25) is 0 Å². The summed E-state index contributed by atoms with van der Waals surface area (Å²) in [6, 6.07) is 19.8. The summed E-state index contributed by atoms with van der Waals surface area (Å²) in [5, 5.41) is 11.6. The van der Waals surface area contributed by atoms with Crippen LogP contribution in [0.15, 0.2) is 71.7 Å². The van der Waals surface area contributed by atoms with Crippen LogP contribution in [0.3, 0.4) is 0 Å². The van der Waals surface area contributed by atoms with E-state index < -0.39 is 5.91 Å². The fourth-order valence-corrected chi connectivity index (χ4v) is 3.98. The second-order valence-corrected chi connectivity index (χ2v) is 8.02. The van der Waals surface area contributed by atoms with Gasteiger partial charge in [0, 0.05) is 29.6 Å². The van der Waals surface area contributed by atoms with Gasteiger partial charge in [0.2, 0.25) is 11.8 Å². The van der Waals surface area contributed by atoms with Crippen molar-refractivity contribution < 1.29 is 24.2 Å². The molecule has 0 aliphatic carbocycles. The number of rotatable bonds is 8. The van der Waals surface area contributed by atoms with Gasteiger partial charge < -0.3 is 30.2 Å². The minimum absolute atomic E-state index is 0.0521. The van der Waals surface area contributed by atoms with Crippen molar-refractivity contribution in [3.8, 4) is 17.4 Å². The van der Waals surface area contributed by atoms with Crippen LogP contribution in [-0.2, 0) is 9.59 Å². The van der Waals surface area contributed by atoms with Crippen molar-refractivity contribution in [2.75, 3.05) is 25.7 Å². The van der Waals surface area contributed by atoms with E-state index in [0.717, 1.165) is 5.56 Å². The minimum atomic E-state index is -0.611. The molecule has 2 amide bonds. The molecule has 0 fully saturated rings. The van der Waals surface area contributed by atoms with Crippen LogP contribution in [0.5, 0.6) is 17.4 Å². The smallest absolute Gasteiger partial charge is 0.237 e. The molecular weight excluding hydrogens is 460 g/mol. The molecule has 0 unspecified atom stereocenters. The largest absolute Gasteiger partial charge is 0.494 e. The van der Waals surface area contributed by atoms with Gasteiger partial charge in [-0.2, -0.15) is 0 Å². The first kappa shape index (κ1) is 24.3. The predicted octanol–water partition coefficient (Wildman–Crippen LogP) is 3.90. The predicted molar refractivity (Wildman–Crippen MR) is 138 cm³/mol. The Labute approximate surface area is 207 Å². The van der Waals surface area contributed by atoms with E-state index in [1.807, 2.05) is 30.3 Å². The number of nitrogens with one attached hydrogen (secondary N) is 1. The number of hydrogen-bond acceptors (Lipinski definition) is 6. The second kappa shape index (κ2) is 10.2. The van der Waals surface area contributed by atoms with Crippen molar-refractivity contribution in [3.63, 3.8) is 0 Å². The first-order valence-electron chi connectivity index (χ1n) is 11.1. The molecule has 0 aliphatic rings. The lowest BCUT2D eigenvalue weighted by atomic mass is 10.0. The molecule has 3 aromatic carbocycles. The number of anilines is 1. The van der Waals surface area contributed by atoms with Gasteiger partial charge in [0.15, 0.2) is 17.4 Å². The Bertz CT molecular complexity index is 1440. The number of ether oxygens (including phenoxy) is 2. The summed E-state index contributed by atoms with van der Waals surface area (Å²) in [4.78, 5) is 32.5. The molecule has 1 aromatic heterocycles. The summed E-state index contributed by atoms with van der Waals surface area (Å²) < 4.78 is 10.9. The number of fused-ring (bicyclic) bond motifs is 1. The van der Waals surface area contributed by atoms with Crippen LogP contribution < -0.4 is 20.1 Å². The number of carbonyl (C=O) groups excluding carboxylic acids is 2. The fourth-order valence-electron chi connectivity index (χ4n) is 3.98. The summed E-state index contributed by atoms with van der Waals surface area (Å²) in [6.45, 7) is 1.15. The molecule has 4 N–H and O–H groups in total. The number of nitrogens with two attached hydrogens (primary N) is 1. The molecule has 1 heterocycles. The van der Waals surface area contributed by atoms with E-state index in [2.05, 4.69) is 4.98 Å². The summed E-state index contributed by atoms with van der Waals surface area (Å²) >= 11 is 0. The van der Waals surface area contributed by atoms with Crippen molar-refractivity contribution in [1.29, 1.82) is 0 Å². The highest BCUT2D eigenvalue weighted by Gasteiger charge is 2.21. The monoisotopic (exact) mass is 486 g/mol. The lowest BCUT2D eigenvalue weighted by Crippen LogP contribution is -2.37. The van der Waals surface area contributed by atoms with Gasteiger partial charge in [-0.3, -0.25) is 9.59 Å². The second-order valence-electron chi connectivity index (χ2n) is 8.02. The Morgan fingerprint density at radius 3 is 2.22 bits per heavy atom. The number of methoxy groups -OCH3 is 2. The maximum Gasteiger partial charge on any atom is 0.237 e. The Morgan fingerprint density at radius 1 is 1.00 bits per heavy atom. The molecule has 0 spiro atoms. The number of aromatic hydroxyl groups is 1. The molecule has 0 saturated heterocycles. The maximum atomic E-state index is 12.0. The summed E-state index contributed by atoms with van der Waals surface area (Å²) in [5.41, 5.74) is 8.85. The van der Waals surface area contributed by atoms with E-state index in [0.29, 0.717) is 45.1 Å². The molecule has 4 rings (SSSR count). The van der Waals surface area contributed by atoms with E-state index in [4.69, 9.17) is 20.2 Å². The summed E-state index contributed by atoms with van der Waals surface area (Å²) in [6.07, 6.45) is 0. The number of aliphatic imine (C=N–C) groups is 1. The zero-order valence-corrected chi connectivity index (χ0v) is 20.1. The van der Waals surface area contributed by atoms with Gasteiger partial charge in [0.25, 0.3) is 0 Å². The van der Waals surface area contributed by atoms with Crippen LogP contribution in [0.1, 0.15) is 18.1 Å². The molecule has 36 heavy (non-hydrogen) atoms. The third kappa shape index (κ3) is 4.85. The quantitative estimate of drug-likeness (QED) is 0.325. The molecule has 9 heteroatoms. The van der Waals surface area contributed by atoms with Crippen molar-refractivity contribution in [1.82, 2.24) is 4.98 Å². The van der Waals surface area contributed by atoms with E-state index >= 15 is 0 Å². The number of aromatic nitrogens is 1. The van der Waals surface area contributed by atoms with Gasteiger partial charge in [-0.1, -0.05) is 30.3 Å². The number of hydrogen-bond donors (Lipinski definition) is 3. The van der Waals surface area contributed by atoms with Crippen LogP contribution in [0.25, 0.3) is 10.9 Å². The van der Waals surface area contributed by atoms with Gasteiger partial charge in [-0.15, -0.1) is 0 Å². The van der Waals surface area contributed by atoms with E-state index in [-0.39, 0.29) is 18.3 Å². The molecule has 0 atom stereocenters. The number of aromatic amines is 1. The molecule has 0 radical (unpaired) electrons. The number of benzene rings is 3. The number of primary amides is 1. The van der Waals surface area contributed by atoms with Gasteiger partial charge in [-0.25, -0.2) is 4.99 Å². The zero-order chi connectivity index (χ0) is 25.8. The number of amides is 2. The van der Waals surface area contributed by atoms with Crippen molar-refractivity contribution >= 4 is 39.8 Å². The molecule has 4 aromatic rings. The Hall–Kier alpha value is -4.79. The normalized spacial score (nSPS) is 11.4. The maximum absolute atomic E-state index is 12.0. The Morgan fingerprint density at radius 2 is 1.64 bits per heavy atom. The highest BCUT2D eigenvalue weighted by Crippen LogP contribution is 2.38. The van der Waals surface area contributed by atoms with Crippen LogP contribution in [0.4, 0.5) is 11.4 Å². The summed E-state index contributed by atoms with van der Waals surface area (Å²) in [7, 11) is 3.09. The van der Waals surface area contributed by atoms with Crippen LogP contribution >= 0.6 is 0 Å². The lowest BCUT2D eigenvalue weighted by Gasteiger charge is -2.19. The Balaban J connectivity index is 1.86. The molecule has 0 saturated carbocycles. The average Bonchev–Trinajstić information content (AvgIpc) is 3.19. The lowest BCUT2D eigenvalue weighted by molar-refractivity contribution is -0.121. The number of carbonyl (C=O) groups is 2. The molecule has 9 nitrogen and oxygen atoms in total. The van der Waals surface area contributed by atoms with Gasteiger partial charge >= 0.3 is 0 Å². The molecule has 0 bridgehead atoms. The highest BCUT2D eigenvalue weighted by atomic mass is 16.5. The zero-order valence-electron chi connectivity index (χ0n) is 20.1. The third-order valence-corrected chi connectivity index (χ3v) is 5.66. The SMILES string of the molecule is COc1cc2[nH]c(O)c(C(=Nc3ccc(N(CC(N)=O)C(C)=O)cc3)c3ccccc3)c2cc1OC. The minimum Gasteiger partial charge on any atom is -0.494 e. The van der Waals surface area contributed by atoms with E-state index in [1.54, 1.807) is 50.6 Å². The van der Waals surface area contributed by atoms with Crippen molar-refractivity contribution in [2.24, 2.45) is 10.7 Å². The highest BCUT2D eigenvalue weighted by molar-refractivity contribution is 6.22. The molecule has 0 aliphatic heterocycles. The molecular formula is C27H26N4O5. The fraction of sp³-hybridized carbons (Fsp3) is 0.148. The van der Waals surface area contributed by atoms with Crippen molar-refractivity contribution in [2.45, 2.75) is 6.92 Å². The Kier molecular flexibility index (Phi) is 6.91. The van der Waals surface area contributed by atoms with Gasteiger partial charge in [0.1, 0.15) is 6.54 Å². The third-order valence-electron chi connectivity index (χ3n) is 5.66. The van der Waals surface area contributed by atoms with E-state index in [9.17, 15) is 14.7 Å². The average molecular weight is 487 g/mol. The molecule has 184 valence electrons. The number of H-pyrrole nitrogens is 1. The van der Waals surface area contributed by atoms with E-state index in [1.165, 1.54) is 11.8 Å². The van der Waals surface area contributed by atoms with Crippen LogP contribution in [0, 0.1) is 0 Å². The number of nitrogens with zero attached hydrogens (tertiary/aromatic N) is 2. The van der Waals surface area contributed by atoms with Crippen LogP contribution in [-0.4, -0.2) is 48.4 Å².